The fourth-order valence-corrected chi connectivity index (χ4v) is 2.18. The highest BCUT2D eigenvalue weighted by molar-refractivity contribution is 7.08. The van der Waals surface area contributed by atoms with Gasteiger partial charge in [0.15, 0.2) is 0 Å². The molecule has 0 fully saturated rings. The highest BCUT2D eigenvalue weighted by Crippen LogP contribution is 2.30. The first-order valence-electron chi connectivity index (χ1n) is 3.67. The molecular formula is C8H7ClN2OS. The Morgan fingerprint density at radius 2 is 2.38 bits per heavy atom. The first-order valence-corrected chi connectivity index (χ1v) is 4.99. The van der Waals surface area contributed by atoms with E-state index < -0.39 is 6.10 Å². The zero-order valence-corrected chi connectivity index (χ0v) is 8.14. The fraction of sp³-hybridized carbons (Fsp3) is 0.125. The number of nitrogens with one attached hydrogen (secondary N) is 1. The van der Waals surface area contributed by atoms with E-state index in [0.717, 1.165) is 11.1 Å². The molecule has 3 nitrogen and oxygen atoms in total. The van der Waals surface area contributed by atoms with Crippen LogP contribution in [0.3, 0.4) is 0 Å². The highest BCUT2D eigenvalue weighted by atomic mass is 35.5. The molecule has 2 N–H and O–H groups in total. The van der Waals surface area contributed by atoms with Crippen LogP contribution in [0.1, 0.15) is 17.2 Å². The summed E-state index contributed by atoms with van der Waals surface area (Å²) in [6.07, 6.45) is 2.55. The van der Waals surface area contributed by atoms with Gasteiger partial charge in [0.1, 0.15) is 6.10 Å². The van der Waals surface area contributed by atoms with Gasteiger partial charge in [0.25, 0.3) is 0 Å². The molecule has 0 aliphatic heterocycles. The molecule has 0 spiro atoms. The van der Waals surface area contributed by atoms with Crippen LogP contribution in [0.5, 0.6) is 0 Å². The molecule has 13 heavy (non-hydrogen) atoms. The minimum atomic E-state index is -0.683. The Kier molecular flexibility index (Phi) is 2.35. The molecule has 1 unspecified atom stereocenters. The summed E-state index contributed by atoms with van der Waals surface area (Å²) < 4.78 is 0. The molecule has 2 aromatic rings. The summed E-state index contributed by atoms with van der Waals surface area (Å²) in [6.45, 7) is 0. The number of thiophene rings is 1. The largest absolute Gasteiger partial charge is 0.383 e. The monoisotopic (exact) mass is 214 g/mol. The van der Waals surface area contributed by atoms with Crippen LogP contribution in [0.25, 0.3) is 0 Å². The number of hydrogen-bond donors (Lipinski definition) is 2. The Morgan fingerprint density at radius 1 is 1.54 bits per heavy atom. The third-order valence-corrected chi connectivity index (χ3v) is 2.99. The van der Waals surface area contributed by atoms with Gasteiger partial charge in [-0.15, -0.1) is 0 Å². The molecule has 0 bridgehead atoms. The van der Waals surface area contributed by atoms with E-state index in [1.165, 1.54) is 11.3 Å². The van der Waals surface area contributed by atoms with E-state index in [2.05, 4.69) is 10.2 Å². The molecule has 2 aromatic heterocycles. The lowest BCUT2D eigenvalue weighted by Gasteiger charge is -2.05. The van der Waals surface area contributed by atoms with Gasteiger partial charge in [-0.25, -0.2) is 0 Å². The Labute approximate surface area is 84.0 Å². The molecular weight excluding hydrogens is 208 g/mol. The maximum absolute atomic E-state index is 9.81. The van der Waals surface area contributed by atoms with Crippen LogP contribution in [0.2, 0.25) is 5.02 Å². The third-order valence-electron chi connectivity index (χ3n) is 1.77. The van der Waals surface area contributed by atoms with Gasteiger partial charge in [0, 0.05) is 22.7 Å². The van der Waals surface area contributed by atoms with Gasteiger partial charge in [-0.05, 0) is 5.38 Å². The van der Waals surface area contributed by atoms with Gasteiger partial charge < -0.3 is 5.11 Å². The van der Waals surface area contributed by atoms with Crippen molar-refractivity contribution < 1.29 is 5.11 Å². The van der Waals surface area contributed by atoms with Crippen LogP contribution in [0.15, 0.2) is 23.2 Å². The molecule has 0 aromatic carbocycles. The highest BCUT2D eigenvalue weighted by Gasteiger charge is 2.15. The van der Waals surface area contributed by atoms with E-state index in [1.807, 2.05) is 5.38 Å². The standard InChI is InChI=1S/C8H7ClN2OS/c9-7-4-13-3-6(7)8(12)5-1-10-11-2-5/h1-4,8,12H,(H,10,11). The van der Waals surface area contributed by atoms with Crippen molar-refractivity contribution in [2.45, 2.75) is 6.10 Å². The molecule has 0 radical (unpaired) electrons. The number of nitrogens with zero attached hydrogens (tertiary/aromatic N) is 1. The Hall–Kier alpha value is -0.840. The number of aromatic nitrogens is 2. The topological polar surface area (TPSA) is 48.9 Å². The van der Waals surface area contributed by atoms with Crippen LogP contribution < -0.4 is 0 Å². The molecule has 1 atom stereocenters. The fourth-order valence-electron chi connectivity index (χ4n) is 1.08. The third kappa shape index (κ3) is 1.60. The molecule has 0 aliphatic carbocycles. The Morgan fingerprint density at radius 3 is 2.92 bits per heavy atom. The summed E-state index contributed by atoms with van der Waals surface area (Å²) in [4.78, 5) is 0. The second-order valence-electron chi connectivity index (χ2n) is 2.61. The molecule has 5 heteroatoms. The molecule has 0 saturated heterocycles. The zero-order valence-electron chi connectivity index (χ0n) is 6.57. The van der Waals surface area contributed by atoms with E-state index in [1.54, 1.807) is 17.8 Å². The van der Waals surface area contributed by atoms with Crippen molar-refractivity contribution in [3.63, 3.8) is 0 Å². The smallest absolute Gasteiger partial charge is 0.109 e. The summed E-state index contributed by atoms with van der Waals surface area (Å²) in [5.74, 6) is 0. The van der Waals surface area contributed by atoms with E-state index in [9.17, 15) is 5.11 Å². The van der Waals surface area contributed by atoms with Gasteiger partial charge in [-0.2, -0.15) is 16.4 Å². The van der Waals surface area contributed by atoms with Crippen LogP contribution in [0, 0.1) is 0 Å². The lowest BCUT2D eigenvalue weighted by molar-refractivity contribution is 0.221. The Bertz CT molecular complexity index is 385. The van der Waals surface area contributed by atoms with Crippen LogP contribution in [-0.2, 0) is 0 Å². The summed E-state index contributed by atoms with van der Waals surface area (Å²) >= 11 is 7.34. The lowest BCUT2D eigenvalue weighted by atomic mass is 10.1. The number of rotatable bonds is 2. The lowest BCUT2D eigenvalue weighted by Crippen LogP contribution is -1.96. The van der Waals surface area contributed by atoms with Crippen LogP contribution in [-0.4, -0.2) is 15.3 Å². The summed E-state index contributed by atoms with van der Waals surface area (Å²) in [6, 6.07) is 0. The van der Waals surface area contributed by atoms with Crippen molar-refractivity contribution >= 4 is 22.9 Å². The first kappa shape index (κ1) is 8.74. The molecule has 2 heterocycles. The number of aliphatic hydroxyl groups is 1. The maximum Gasteiger partial charge on any atom is 0.109 e. The number of aliphatic hydroxyl groups excluding tert-OH is 1. The maximum atomic E-state index is 9.81. The normalized spacial score (nSPS) is 13.1. The van der Waals surface area contributed by atoms with Crippen molar-refractivity contribution in [3.8, 4) is 0 Å². The van der Waals surface area contributed by atoms with Crippen LogP contribution >= 0.6 is 22.9 Å². The predicted molar refractivity (Wildman–Crippen MR) is 52.0 cm³/mol. The minimum Gasteiger partial charge on any atom is -0.383 e. The second kappa shape index (κ2) is 3.49. The second-order valence-corrected chi connectivity index (χ2v) is 3.76. The number of H-pyrrole nitrogens is 1. The predicted octanol–water partition coefficient (Wildman–Crippen LogP) is 2.21. The van der Waals surface area contributed by atoms with E-state index in [4.69, 9.17) is 11.6 Å². The van der Waals surface area contributed by atoms with E-state index in [-0.39, 0.29) is 0 Å². The number of hydrogen-bond acceptors (Lipinski definition) is 3. The van der Waals surface area contributed by atoms with Crippen molar-refractivity contribution in [1.29, 1.82) is 0 Å². The summed E-state index contributed by atoms with van der Waals surface area (Å²) in [7, 11) is 0. The van der Waals surface area contributed by atoms with Crippen molar-refractivity contribution in [3.05, 3.63) is 39.3 Å². The van der Waals surface area contributed by atoms with Gasteiger partial charge in [-0.1, -0.05) is 11.6 Å². The van der Waals surface area contributed by atoms with E-state index in [0.29, 0.717) is 5.02 Å². The Balaban J connectivity index is 2.33. The first-order chi connectivity index (χ1) is 6.29. The number of aromatic amines is 1. The average Bonchev–Trinajstić information content (AvgIpc) is 2.72. The van der Waals surface area contributed by atoms with E-state index >= 15 is 0 Å². The molecule has 0 aliphatic rings. The van der Waals surface area contributed by atoms with Crippen LogP contribution in [0.4, 0.5) is 0 Å². The van der Waals surface area contributed by atoms with Gasteiger partial charge in [0.2, 0.25) is 0 Å². The van der Waals surface area contributed by atoms with Crippen molar-refractivity contribution in [2.75, 3.05) is 0 Å². The average molecular weight is 215 g/mol. The number of halogens is 1. The quantitative estimate of drug-likeness (QED) is 0.805. The van der Waals surface area contributed by atoms with Crippen molar-refractivity contribution in [2.24, 2.45) is 0 Å². The van der Waals surface area contributed by atoms with Gasteiger partial charge in [-0.3, -0.25) is 5.10 Å². The molecule has 0 amide bonds. The molecule has 2 rings (SSSR count). The summed E-state index contributed by atoms with van der Waals surface area (Å²) in [5, 5.41) is 20.4. The molecule has 68 valence electrons. The zero-order chi connectivity index (χ0) is 9.26. The molecule has 0 saturated carbocycles. The minimum absolute atomic E-state index is 0.596. The SMILES string of the molecule is OC(c1cn[nH]c1)c1cscc1Cl. The van der Waals surface area contributed by atoms with Gasteiger partial charge >= 0.3 is 0 Å². The van der Waals surface area contributed by atoms with Crippen molar-refractivity contribution in [1.82, 2.24) is 10.2 Å². The summed E-state index contributed by atoms with van der Waals surface area (Å²) in [5.41, 5.74) is 1.45. The van der Waals surface area contributed by atoms with Gasteiger partial charge in [0.05, 0.1) is 11.2 Å².